The second-order valence-electron chi connectivity index (χ2n) is 6.24. The highest BCUT2D eigenvalue weighted by Gasteiger charge is 2.63. The van der Waals surface area contributed by atoms with E-state index in [1.807, 2.05) is 13.8 Å². The zero-order valence-electron chi connectivity index (χ0n) is 13.2. The van der Waals surface area contributed by atoms with Crippen LogP contribution in [0.2, 0.25) is 0 Å². The third-order valence-corrected chi connectivity index (χ3v) is 3.63. The third kappa shape index (κ3) is 3.39. The predicted octanol–water partition coefficient (Wildman–Crippen LogP) is 3.49. The first kappa shape index (κ1) is 17.5. The second kappa shape index (κ2) is 5.96. The molecule has 4 nitrogen and oxygen atoms in total. The van der Waals surface area contributed by atoms with Crippen LogP contribution in [0.15, 0.2) is 29.4 Å². The number of nitrogens with zero attached hydrogens (tertiary/aromatic N) is 2. The molecule has 0 unspecified atom stereocenters. The Morgan fingerprint density at radius 3 is 2.39 bits per heavy atom. The van der Waals surface area contributed by atoms with Gasteiger partial charge in [-0.3, -0.25) is 4.79 Å². The Morgan fingerprint density at radius 1 is 1.35 bits per heavy atom. The lowest BCUT2D eigenvalue weighted by atomic mass is 9.99. The molecule has 1 N–H and O–H groups in total. The monoisotopic (exact) mass is 328 g/mol. The Bertz CT molecular complexity index is 623. The van der Waals surface area contributed by atoms with Crippen LogP contribution in [0.3, 0.4) is 0 Å². The summed E-state index contributed by atoms with van der Waals surface area (Å²) in [4.78, 5) is 12.4. The summed E-state index contributed by atoms with van der Waals surface area (Å²) < 4.78 is 40.0. The molecule has 1 aliphatic heterocycles. The number of halogens is 3. The summed E-state index contributed by atoms with van der Waals surface area (Å²) in [6.07, 6.45) is -5.42. The summed E-state index contributed by atoms with van der Waals surface area (Å²) in [5.74, 6) is -0.899. The average molecular weight is 328 g/mol. The summed E-state index contributed by atoms with van der Waals surface area (Å²) in [7, 11) is 0. The molecular formula is C16H19F3N2O2. The maximum Gasteiger partial charge on any atom is 0.438 e. The molecule has 0 spiro atoms. The Morgan fingerprint density at radius 2 is 1.91 bits per heavy atom. The molecule has 0 saturated heterocycles. The van der Waals surface area contributed by atoms with Crippen molar-refractivity contribution in [2.24, 2.45) is 11.0 Å². The van der Waals surface area contributed by atoms with Gasteiger partial charge < -0.3 is 5.11 Å². The van der Waals surface area contributed by atoms with Crippen LogP contribution < -0.4 is 0 Å². The number of hydrogen-bond acceptors (Lipinski definition) is 3. The molecule has 23 heavy (non-hydrogen) atoms. The number of aryl methyl sites for hydroxylation is 1. The molecule has 1 atom stereocenters. The zero-order valence-corrected chi connectivity index (χ0v) is 13.2. The van der Waals surface area contributed by atoms with Crippen molar-refractivity contribution in [1.82, 2.24) is 5.01 Å². The van der Waals surface area contributed by atoms with Crippen molar-refractivity contribution in [3.05, 3.63) is 35.4 Å². The van der Waals surface area contributed by atoms with E-state index >= 15 is 0 Å². The standard InChI is InChI=1S/C16H19F3N2O2/c1-10(2)8-13-9-15(23,16(17,18)19)21(20-13)14(22)12-6-4-11(3)5-7-12/h4-7,10,23H,8-9H2,1-3H3/t15-/m1/s1. The Balaban J connectivity index is 2.39. The van der Waals surface area contributed by atoms with Gasteiger partial charge >= 0.3 is 6.18 Å². The van der Waals surface area contributed by atoms with Gasteiger partial charge in [0, 0.05) is 17.7 Å². The van der Waals surface area contributed by atoms with Gasteiger partial charge in [-0.25, -0.2) is 0 Å². The lowest BCUT2D eigenvalue weighted by Crippen LogP contribution is -2.56. The number of carbonyl (C=O) groups excluding carboxylic acids is 1. The fraction of sp³-hybridized carbons (Fsp3) is 0.500. The van der Waals surface area contributed by atoms with Crippen molar-refractivity contribution >= 4 is 11.6 Å². The first-order chi connectivity index (χ1) is 10.5. The maximum absolute atomic E-state index is 13.3. The minimum absolute atomic E-state index is 0.0489. The normalized spacial score (nSPS) is 21.7. The third-order valence-electron chi connectivity index (χ3n) is 3.63. The minimum Gasteiger partial charge on any atom is -0.362 e. The fourth-order valence-corrected chi connectivity index (χ4v) is 2.46. The summed E-state index contributed by atoms with van der Waals surface area (Å²) >= 11 is 0. The largest absolute Gasteiger partial charge is 0.438 e. The van der Waals surface area contributed by atoms with Crippen LogP contribution in [0.25, 0.3) is 0 Å². The van der Waals surface area contributed by atoms with Gasteiger partial charge in [0.25, 0.3) is 11.6 Å². The van der Waals surface area contributed by atoms with Gasteiger partial charge in [0.15, 0.2) is 0 Å². The molecule has 0 fully saturated rings. The summed E-state index contributed by atoms with van der Waals surface area (Å²) in [5.41, 5.74) is -2.20. The second-order valence-corrected chi connectivity index (χ2v) is 6.24. The summed E-state index contributed by atoms with van der Waals surface area (Å²) in [6.45, 7) is 5.47. The first-order valence-electron chi connectivity index (χ1n) is 7.31. The highest BCUT2D eigenvalue weighted by atomic mass is 19.4. The van der Waals surface area contributed by atoms with Crippen molar-refractivity contribution in [2.75, 3.05) is 0 Å². The molecule has 2 rings (SSSR count). The van der Waals surface area contributed by atoms with Crippen LogP contribution in [-0.2, 0) is 0 Å². The van der Waals surface area contributed by atoms with Gasteiger partial charge in [0.2, 0.25) is 0 Å². The molecule has 1 heterocycles. The van der Waals surface area contributed by atoms with Crippen LogP contribution in [-0.4, -0.2) is 33.6 Å². The summed E-state index contributed by atoms with van der Waals surface area (Å²) in [5, 5.41) is 14.1. The van der Waals surface area contributed by atoms with Gasteiger partial charge in [0.05, 0.1) is 0 Å². The van der Waals surface area contributed by atoms with Gasteiger partial charge in [-0.2, -0.15) is 23.3 Å². The van der Waals surface area contributed by atoms with Crippen LogP contribution in [0, 0.1) is 12.8 Å². The SMILES string of the molecule is Cc1ccc(C(=O)N2N=C(CC(C)C)C[C@@]2(O)C(F)(F)F)cc1. The molecule has 0 radical (unpaired) electrons. The van der Waals surface area contributed by atoms with Crippen LogP contribution >= 0.6 is 0 Å². The van der Waals surface area contributed by atoms with E-state index in [0.717, 1.165) is 5.56 Å². The molecular weight excluding hydrogens is 309 g/mol. The molecule has 0 bridgehead atoms. The first-order valence-corrected chi connectivity index (χ1v) is 7.31. The van der Waals surface area contributed by atoms with E-state index < -0.39 is 24.2 Å². The number of amides is 1. The number of hydrazone groups is 1. The average Bonchev–Trinajstić information content (AvgIpc) is 2.75. The highest BCUT2D eigenvalue weighted by Crippen LogP contribution is 2.41. The fourth-order valence-electron chi connectivity index (χ4n) is 2.46. The van der Waals surface area contributed by atoms with Gasteiger partial charge in [0.1, 0.15) is 0 Å². The van der Waals surface area contributed by atoms with E-state index in [9.17, 15) is 23.1 Å². The van der Waals surface area contributed by atoms with E-state index in [-0.39, 0.29) is 28.6 Å². The predicted molar refractivity (Wildman–Crippen MR) is 79.9 cm³/mol. The summed E-state index contributed by atoms with van der Waals surface area (Å²) in [6, 6.07) is 6.08. The van der Waals surface area contributed by atoms with Crippen molar-refractivity contribution in [3.8, 4) is 0 Å². The molecule has 1 aliphatic rings. The van der Waals surface area contributed by atoms with E-state index in [4.69, 9.17) is 0 Å². The number of carbonyl (C=O) groups is 1. The van der Waals surface area contributed by atoms with Crippen LogP contribution in [0.4, 0.5) is 13.2 Å². The zero-order chi connectivity index (χ0) is 17.4. The van der Waals surface area contributed by atoms with Crippen LogP contribution in [0.1, 0.15) is 42.6 Å². The molecule has 7 heteroatoms. The van der Waals surface area contributed by atoms with Gasteiger partial charge in [-0.05, 0) is 31.4 Å². The number of benzene rings is 1. The topological polar surface area (TPSA) is 52.9 Å². The molecule has 0 saturated carbocycles. The van der Waals surface area contributed by atoms with Crippen LogP contribution in [0.5, 0.6) is 0 Å². The molecule has 1 amide bonds. The molecule has 1 aromatic rings. The number of rotatable bonds is 3. The van der Waals surface area contributed by atoms with Gasteiger partial charge in [-0.1, -0.05) is 31.5 Å². The molecule has 1 aromatic carbocycles. The molecule has 126 valence electrons. The Labute approximate surface area is 132 Å². The van der Waals surface area contributed by atoms with Crippen molar-refractivity contribution in [3.63, 3.8) is 0 Å². The van der Waals surface area contributed by atoms with Crippen molar-refractivity contribution in [2.45, 2.75) is 45.5 Å². The quantitative estimate of drug-likeness (QED) is 0.923. The van der Waals surface area contributed by atoms with E-state index in [1.54, 1.807) is 19.1 Å². The lowest BCUT2D eigenvalue weighted by Gasteiger charge is -2.32. The van der Waals surface area contributed by atoms with E-state index in [1.165, 1.54) is 12.1 Å². The number of aliphatic hydroxyl groups is 1. The van der Waals surface area contributed by atoms with Crippen molar-refractivity contribution < 1.29 is 23.1 Å². The minimum atomic E-state index is -4.99. The maximum atomic E-state index is 13.3. The van der Waals surface area contributed by atoms with Crippen molar-refractivity contribution in [1.29, 1.82) is 0 Å². The molecule has 0 aromatic heterocycles. The smallest absolute Gasteiger partial charge is 0.362 e. The number of hydrogen-bond donors (Lipinski definition) is 1. The Kier molecular flexibility index (Phi) is 4.52. The van der Waals surface area contributed by atoms with E-state index in [0.29, 0.717) is 0 Å². The Hall–Kier alpha value is -1.89. The highest BCUT2D eigenvalue weighted by molar-refractivity contribution is 5.98. The lowest BCUT2D eigenvalue weighted by molar-refractivity contribution is -0.297. The number of alkyl halides is 3. The molecule has 0 aliphatic carbocycles. The van der Waals surface area contributed by atoms with E-state index in [2.05, 4.69) is 5.10 Å². The van der Waals surface area contributed by atoms with Gasteiger partial charge in [-0.15, -0.1) is 0 Å².